The molecule has 1 saturated heterocycles. The van der Waals surface area contributed by atoms with Gasteiger partial charge in [0.15, 0.2) is 0 Å². The Bertz CT molecular complexity index is 563. The molecule has 0 atom stereocenters. The number of rotatable bonds is 7. The molecule has 1 N–H and O–H groups in total. The van der Waals surface area contributed by atoms with Gasteiger partial charge in [-0.1, -0.05) is 13.3 Å². The van der Waals surface area contributed by atoms with E-state index in [1.807, 2.05) is 48.2 Å². The fraction of sp³-hybridized carbons (Fsp3) is 0.579. The van der Waals surface area contributed by atoms with Gasteiger partial charge in [0.1, 0.15) is 0 Å². The quantitative estimate of drug-likeness (QED) is 0.759. The van der Waals surface area contributed by atoms with Crippen LogP contribution in [0.5, 0.6) is 0 Å². The van der Waals surface area contributed by atoms with Crippen LogP contribution in [0, 0.1) is 0 Å². The summed E-state index contributed by atoms with van der Waals surface area (Å²) >= 11 is 0. The lowest BCUT2D eigenvalue weighted by Crippen LogP contribution is -2.51. The van der Waals surface area contributed by atoms with Gasteiger partial charge in [-0.3, -0.25) is 14.5 Å². The van der Waals surface area contributed by atoms with E-state index in [1.54, 1.807) is 0 Å². The highest BCUT2D eigenvalue weighted by Gasteiger charge is 2.23. The minimum absolute atomic E-state index is 0.0670. The van der Waals surface area contributed by atoms with Crippen molar-refractivity contribution in [2.75, 3.05) is 58.3 Å². The molecule has 1 heterocycles. The summed E-state index contributed by atoms with van der Waals surface area (Å²) in [4.78, 5) is 30.5. The van der Waals surface area contributed by atoms with Crippen molar-refractivity contribution in [1.82, 2.24) is 15.1 Å². The number of benzene rings is 1. The standard InChI is InChI=1S/C19H30N4O2/c1-4-5-10-20-18(24)15-22-11-13-23(14-12-22)19(25)16-6-8-17(9-7-16)21(2)3/h6-9H,4-5,10-15H2,1-3H3,(H,20,24). The van der Waals surface area contributed by atoms with Gasteiger partial charge >= 0.3 is 0 Å². The largest absolute Gasteiger partial charge is 0.378 e. The number of carbonyl (C=O) groups excluding carboxylic acids is 2. The first-order valence-corrected chi connectivity index (χ1v) is 9.07. The van der Waals surface area contributed by atoms with Gasteiger partial charge in [0.05, 0.1) is 6.54 Å². The second-order valence-electron chi connectivity index (χ2n) is 6.71. The number of hydrogen-bond donors (Lipinski definition) is 1. The predicted octanol–water partition coefficient (Wildman–Crippen LogP) is 1.43. The second kappa shape index (κ2) is 9.42. The van der Waals surface area contributed by atoms with Gasteiger partial charge in [-0.2, -0.15) is 0 Å². The van der Waals surface area contributed by atoms with Crippen LogP contribution in [-0.4, -0.2) is 75.0 Å². The van der Waals surface area contributed by atoms with Gasteiger partial charge in [-0.15, -0.1) is 0 Å². The molecule has 1 fully saturated rings. The molecule has 6 nitrogen and oxygen atoms in total. The molecule has 0 aromatic heterocycles. The molecule has 0 bridgehead atoms. The number of unbranched alkanes of at least 4 members (excludes halogenated alkanes) is 1. The molecular formula is C19H30N4O2. The molecule has 2 amide bonds. The first-order valence-electron chi connectivity index (χ1n) is 9.07. The van der Waals surface area contributed by atoms with E-state index in [4.69, 9.17) is 0 Å². The molecule has 6 heteroatoms. The summed E-state index contributed by atoms with van der Waals surface area (Å²) in [6, 6.07) is 7.69. The Hall–Kier alpha value is -2.08. The van der Waals surface area contributed by atoms with Crippen molar-refractivity contribution in [3.05, 3.63) is 29.8 Å². The minimum atomic E-state index is 0.0670. The molecule has 138 valence electrons. The Morgan fingerprint density at radius 2 is 1.72 bits per heavy atom. The van der Waals surface area contributed by atoms with E-state index in [-0.39, 0.29) is 11.8 Å². The zero-order valence-electron chi connectivity index (χ0n) is 15.6. The van der Waals surface area contributed by atoms with Gasteiger partial charge in [0.2, 0.25) is 5.91 Å². The van der Waals surface area contributed by atoms with Crippen LogP contribution in [0.1, 0.15) is 30.1 Å². The van der Waals surface area contributed by atoms with Crippen LogP contribution in [0.25, 0.3) is 0 Å². The molecule has 1 aromatic rings. The third kappa shape index (κ3) is 5.74. The van der Waals surface area contributed by atoms with Gasteiger partial charge in [-0.05, 0) is 30.7 Å². The minimum Gasteiger partial charge on any atom is -0.378 e. The van der Waals surface area contributed by atoms with Crippen LogP contribution in [0.3, 0.4) is 0 Å². The van der Waals surface area contributed by atoms with Crippen LogP contribution in [0.15, 0.2) is 24.3 Å². The number of nitrogens with one attached hydrogen (secondary N) is 1. The van der Waals surface area contributed by atoms with Crippen LogP contribution < -0.4 is 10.2 Å². The number of nitrogens with zero attached hydrogens (tertiary/aromatic N) is 3. The summed E-state index contributed by atoms with van der Waals surface area (Å²) in [6.45, 7) is 6.08. The molecule has 0 unspecified atom stereocenters. The topological polar surface area (TPSA) is 55.9 Å². The number of piperazine rings is 1. The summed E-state index contributed by atoms with van der Waals surface area (Å²) in [5.74, 6) is 0.143. The van der Waals surface area contributed by atoms with E-state index < -0.39 is 0 Å². The van der Waals surface area contributed by atoms with Crippen molar-refractivity contribution in [1.29, 1.82) is 0 Å². The summed E-state index contributed by atoms with van der Waals surface area (Å²) in [6.07, 6.45) is 2.09. The van der Waals surface area contributed by atoms with E-state index in [0.29, 0.717) is 19.6 Å². The average Bonchev–Trinajstić information content (AvgIpc) is 2.62. The molecule has 1 aliphatic heterocycles. The number of carbonyl (C=O) groups is 2. The van der Waals surface area contributed by atoms with Crippen molar-refractivity contribution >= 4 is 17.5 Å². The lowest BCUT2D eigenvalue weighted by atomic mass is 10.1. The van der Waals surface area contributed by atoms with E-state index in [2.05, 4.69) is 17.1 Å². The highest BCUT2D eigenvalue weighted by Crippen LogP contribution is 2.14. The van der Waals surface area contributed by atoms with Crippen LogP contribution >= 0.6 is 0 Å². The summed E-state index contributed by atoms with van der Waals surface area (Å²) in [7, 11) is 3.96. The fourth-order valence-electron chi connectivity index (χ4n) is 2.86. The Kier molecular flexibility index (Phi) is 7.25. The molecule has 1 aliphatic rings. The smallest absolute Gasteiger partial charge is 0.253 e. The Morgan fingerprint density at radius 3 is 2.28 bits per heavy atom. The maximum absolute atomic E-state index is 12.6. The third-order valence-corrected chi connectivity index (χ3v) is 4.51. The Balaban J connectivity index is 1.79. The van der Waals surface area contributed by atoms with E-state index in [9.17, 15) is 9.59 Å². The summed E-state index contributed by atoms with van der Waals surface area (Å²) in [5.41, 5.74) is 1.80. The average molecular weight is 346 g/mol. The lowest BCUT2D eigenvalue weighted by molar-refractivity contribution is -0.122. The van der Waals surface area contributed by atoms with Crippen molar-refractivity contribution in [2.45, 2.75) is 19.8 Å². The molecule has 0 radical (unpaired) electrons. The first-order chi connectivity index (χ1) is 12.0. The van der Waals surface area contributed by atoms with Crippen molar-refractivity contribution in [3.8, 4) is 0 Å². The second-order valence-corrected chi connectivity index (χ2v) is 6.71. The third-order valence-electron chi connectivity index (χ3n) is 4.51. The molecule has 25 heavy (non-hydrogen) atoms. The predicted molar refractivity (Wildman–Crippen MR) is 101 cm³/mol. The molecule has 1 aromatic carbocycles. The highest BCUT2D eigenvalue weighted by atomic mass is 16.2. The van der Waals surface area contributed by atoms with Gasteiger partial charge in [0.25, 0.3) is 5.91 Å². The molecule has 0 aliphatic carbocycles. The van der Waals surface area contributed by atoms with Gasteiger partial charge in [-0.25, -0.2) is 0 Å². The van der Waals surface area contributed by atoms with Gasteiger partial charge < -0.3 is 15.1 Å². The molecule has 0 saturated carbocycles. The maximum atomic E-state index is 12.6. The zero-order valence-corrected chi connectivity index (χ0v) is 15.6. The normalized spacial score (nSPS) is 15.1. The van der Waals surface area contributed by atoms with Crippen LogP contribution in [0.2, 0.25) is 0 Å². The van der Waals surface area contributed by atoms with Crippen LogP contribution in [0.4, 0.5) is 5.69 Å². The lowest BCUT2D eigenvalue weighted by Gasteiger charge is -2.34. The molecule has 0 spiro atoms. The fourth-order valence-corrected chi connectivity index (χ4v) is 2.86. The highest BCUT2D eigenvalue weighted by molar-refractivity contribution is 5.94. The van der Waals surface area contributed by atoms with E-state index in [0.717, 1.165) is 43.7 Å². The number of anilines is 1. The van der Waals surface area contributed by atoms with Crippen LogP contribution in [-0.2, 0) is 4.79 Å². The monoisotopic (exact) mass is 346 g/mol. The first kappa shape index (κ1) is 19.2. The number of amides is 2. The van der Waals surface area contributed by atoms with Gasteiger partial charge in [0, 0.05) is 58.1 Å². The van der Waals surface area contributed by atoms with E-state index in [1.165, 1.54) is 0 Å². The Labute approximate surface area is 150 Å². The zero-order chi connectivity index (χ0) is 18.2. The van der Waals surface area contributed by atoms with E-state index >= 15 is 0 Å². The Morgan fingerprint density at radius 1 is 1.08 bits per heavy atom. The maximum Gasteiger partial charge on any atom is 0.253 e. The molecular weight excluding hydrogens is 316 g/mol. The summed E-state index contributed by atoms with van der Waals surface area (Å²) in [5, 5.41) is 2.94. The summed E-state index contributed by atoms with van der Waals surface area (Å²) < 4.78 is 0. The SMILES string of the molecule is CCCCNC(=O)CN1CCN(C(=O)c2ccc(N(C)C)cc2)CC1. The molecule has 2 rings (SSSR count). The number of hydrogen-bond acceptors (Lipinski definition) is 4. The van der Waals surface area contributed by atoms with Crippen molar-refractivity contribution in [2.24, 2.45) is 0 Å². The van der Waals surface area contributed by atoms with Crippen molar-refractivity contribution in [3.63, 3.8) is 0 Å². The van der Waals surface area contributed by atoms with Crippen molar-refractivity contribution < 1.29 is 9.59 Å².